The lowest BCUT2D eigenvalue weighted by Gasteiger charge is -2.40. The molecule has 2 unspecified atom stereocenters. The van der Waals surface area contributed by atoms with Gasteiger partial charge in [-0.05, 0) is 56.7 Å². The molecule has 5 rings (SSSR count). The van der Waals surface area contributed by atoms with Gasteiger partial charge in [0, 0.05) is 12.5 Å². The molecule has 146 valence electrons. The van der Waals surface area contributed by atoms with Crippen LogP contribution in [-0.2, 0) is 11.2 Å². The first-order valence-corrected chi connectivity index (χ1v) is 10.1. The molecule has 2 atom stereocenters. The van der Waals surface area contributed by atoms with Crippen molar-refractivity contribution in [2.24, 2.45) is 21.7 Å². The third-order valence-corrected chi connectivity index (χ3v) is 6.28. The Morgan fingerprint density at radius 1 is 1.29 bits per heavy atom. The van der Waals surface area contributed by atoms with E-state index in [4.69, 9.17) is 15.6 Å². The van der Waals surface area contributed by atoms with Gasteiger partial charge in [0.1, 0.15) is 11.9 Å². The van der Waals surface area contributed by atoms with Crippen molar-refractivity contribution in [2.75, 3.05) is 6.61 Å². The average Bonchev–Trinajstić information content (AvgIpc) is 3.26. The summed E-state index contributed by atoms with van der Waals surface area (Å²) in [5.74, 6) is 7.80. The van der Waals surface area contributed by atoms with E-state index in [0.29, 0.717) is 18.9 Å². The Kier molecular flexibility index (Phi) is 4.14. The Bertz CT molecular complexity index is 899. The van der Waals surface area contributed by atoms with Crippen molar-refractivity contribution >= 4 is 12.1 Å². The van der Waals surface area contributed by atoms with E-state index in [1.165, 1.54) is 5.56 Å². The predicted octanol–water partition coefficient (Wildman–Crippen LogP) is 2.79. The fourth-order valence-electron chi connectivity index (χ4n) is 4.76. The standard InChI is InChI=1S/C22H27N4O2/c1-22(27)12-17(13-22)20-19-14-24-8-9-26(19,23)21(25-20)16-6-4-15(5-7-16)11-18-3-2-10-28-18/h4-9,14,17-18,27H,2-3,10-13,23H2,1H3/q+1. The Labute approximate surface area is 165 Å². The van der Waals surface area contributed by atoms with Gasteiger partial charge < -0.3 is 9.84 Å². The largest absolute Gasteiger partial charge is 0.390 e. The number of hydrogen-bond donors (Lipinski definition) is 2. The Hall–Kier alpha value is -2.12. The van der Waals surface area contributed by atoms with Gasteiger partial charge in [-0.2, -0.15) is 10.8 Å². The van der Waals surface area contributed by atoms with Crippen LogP contribution in [0.5, 0.6) is 0 Å². The first kappa shape index (κ1) is 17.9. The average molecular weight is 379 g/mol. The highest BCUT2D eigenvalue weighted by molar-refractivity contribution is 6.00. The molecule has 2 fully saturated rings. The SMILES string of the molecule is CC1(O)CC(C2=C3C=NC=C[N+]3(N)C(c3ccc(CC4CCCO4)cc3)=N2)C1. The molecule has 1 aromatic rings. The van der Waals surface area contributed by atoms with E-state index in [-0.39, 0.29) is 10.5 Å². The molecule has 4 aliphatic rings. The van der Waals surface area contributed by atoms with Gasteiger partial charge in [-0.25, -0.2) is 0 Å². The number of ether oxygens (including phenoxy) is 1. The van der Waals surface area contributed by atoms with Gasteiger partial charge in [0.15, 0.2) is 0 Å². The zero-order valence-corrected chi connectivity index (χ0v) is 16.2. The van der Waals surface area contributed by atoms with Crippen molar-refractivity contribution in [1.29, 1.82) is 0 Å². The maximum atomic E-state index is 10.2. The number of nitrogens with zero attached hydrogens (tertiary/aromatic N) is 3. The molecule has 1 aliphatic carbocycles. The van der Waals surface area contributed by atoms with Crippen LogP contribution in [0.25, 0.3) is 0 Å². The number of amidine groups is 1. The summed E-state index contributed by atoms with van der Waals surface area (Å²) in [4.78, 5) is 9.24. The summed E-state index contributed by atoms with van der Waals surface area (Å²) in [6.45, 7) is 2.76. The van der Waals surface area contributed by atoms with Crippen LogP contribution in [0.4, 0.5) is 0 Å². The third-order valence-electron chi connectivity index (χ3n) is 6.28. The van der Waals surface area contributed by atoms with Gasteiger partial charge in [-0.15, -0.1) is 4.59 Å². The molecule has 1 aromatic carbocycles. The summed E-state index contributed by atoms with van der Waals surface area (Å²) in [6, 6.07) is 8.51. The molecule has 0 spiro atoms. The lowest BCUT2D eigenvalue weighted by atomic mass is 9.70. The van der Waals surface area contributed by atoms with Crippen LogP contribution < -0.4 is 5.84 Å². The maximum absolute atomic E-state index is 10.2. The number of rotatable bonds is 4. The van der Waals surface area contributed by atoms with Gasteiger partial charge >= 0.3 is 0 Å². The van der Waals surface area contributed by atoms with Gasteiger partial charge in [0.05, 0.1) is 29.7 Å². The molecule has 3 aliphatic heterocycles. The number of nitrogens with two attached hydrogens (primary N) is 1. The molecule has 28 heavy (non-hydrogen) atoms. The van der Waals surface area contributed by atoms with Gasteiger partial charge in [0.2, 0.25) is 5.70 Å². The smallest absolute Gasteiger partial charge is 0.264 e. The lowest BCUT2D eigenvalue weighted by molar-refractivity contribution is -0.750. The first-order valence-electron chi connectivity index (χ1n) is 10.1. The van der Waals surface area contributed by atoms with Crippen LogP contribution in [0.1, 0.15) is 43.7 Å². The monoisotopic (exact) mass is 379 g/mol. The Morgan fingerprint density at radius 3 is 2.75 bits per heavy atom. The van der Waals surface area contributed by atoms with Crippen LogP contribution in [0, 0.1) is 5.92 Å². The third kappa shape index (κ3) is 2.97. The molecule has 0 bridgehead atoms. The zero-order chi connectivity index (χ0) is 19.4. The second-order valence-corrected chi connectivity index (χ2v) is 8.70. The molecule has 1 saturated heterocycles. The molecule has 3 heterocycles. The highest BCUT2D eigenvalue weighted by Gasteiger charge is 2.50. The predicted molar refractivity (Wildman–Crippen MR) is 108 cm³/mol. The summed E-state index contributed by atoms with van der Waals surface area (Å²) in [5, 5.41) is 10.2. The topological polar surface area (TPSA) is 80.2 Å². The van der Waals surface area contributed by atoms with Gasteiger partial charge in [-0.3, -0.25) is 4.99 Å². The summed E-state index contributed by atoms with van der Waals surface area (Å²) in [7, 11) is 0. The van der Waals surface area contributed by atoms with Crippen molar-refractivity contribution in [3.05, 3.63) is 59.2 Å². The molecule has 0 amide bonds. The fraction of sp³-hybridized carbons (Fsp3) is 0.455. The normalized spacial score (nSPS) is 36.5. The van der Waals surface area contributed by atoms with E-state index < -0.39 is 5.60 Å². The van der Waals surface area contributed by atoms with Crippen molar-refractivity contribution in [3.8, 4) is 0 Å². The molecule has 3 N–H and O–H groups in total. The van der Waals surface area contributed by atoms with E-state index in [2.05, 4.69) is 29.3 Å². The van der Waals surface area contributed by atoms with Gasteiger partial charge in [0.25, 0.3) is 5.84 Å². The molecule has 6 heteroatoms. The molecule has 0 aromatic heterocycles. The van der Waals surface area contributed by atoms with E-state index in [1.807, 2.05) is 19.3 Å². The quantitative estimate of drug-likeness (QED) is 0.624. The van der Waals surface area contributed by atoms with E-state index in [1.54, 1.807) is 6.20 Å². The minimum Gasteiger partial charge on any atom is -0.390 e. The number of benzene rings is 1. The van der Waals surface area contributed by atoms with Crippen molar-refractivity contribution in [1.82, 2.24) is 0 Å². The van der Waals surface area contributed by atoms with Crippen LogP contribution in [0.3, 0.4) is 0 Å². The zero-order valence-electron chi connectivity index (χ0n) is 16.2. The summed E-state index contributed by atoms with van der Waals surface area (Å²) in [6.07, 6.45) is 10.4. The number of allylic oxidation sites excluding steroid dienone is 2. The lowest BCUT2D eigenvalue weighted by Crippen LogP contribution is -2.53. The molecule has 1 saturated carbocycles. The van der Waals surface area contributed by atoms with E-state index in [9.17, 15) is 5.11 Å². The first-order chi connectivity index (χ1) is 13.4. The Morgan fingerprint density at radius 2 is 2.07 bits per heavy atom. The van der Waals surface area contributed by atoms with E-state index in [0.717, 1.165) is 48.7 Å². The van der Waals surface area contributed by atoms with Crippen molar-refractivity contribution in [3.63, 3.8) is 0 Å². The fourth-order valence-corrected chi connectivity index (χ4v) is 4.76. The summed E-state index contributed by atoms with van der Waals surface area (Å²) < 4.78 is 5.80. The van der Waals surface area contributed by atoms with Crippen molar-refractivity contribution < 1.29 is 14.4 Å². The molecular formula is C22H27N4O2+. The highest BCUT2D eigenvalue weighted by atomic mass is 16.5. The maximum Gasteiger partial charge on any atom is 0.264 e. The molecular weight excluding hydrogens is 352 g/mol. The van der Waals surface area contributed by atoms with Gasteiger partial charge in [-0.1, -0.05) is 12.1 Å². The minimum atomic E-state index is -0.605. The van der Waals surface area contributed by atoms with Crippen molar-refractivity contribution in [2.45, 2.75) is 50.7 Å². The second kappa shape index (κ2) is 6.46. The van der Waals surface area contributed by atoms with Crippen LogP contribution in [0.15, 0.2) is 58.0 Å². The number of aliphatic imine (C=N–C) groups is 2. The second-order valence-electron chi connectivity index (χ2n) is 8.70. The van der Waals surface area contributed by atoms with Crippen LogP contribution >= 0.6 is 0 Å². The highest BCUT2D eigenvalue weighted by Crippen LogP contribution is 2.46. The number of aliphatic hydroxyl groups is 1. The Balaban J connectivity index is 1.43. The van der Waals surface area contributed by atoms with E-state index >= 15 is 0 Å². The number of hydrogen-bond acceptors (Lipinski definition) is 5. The minimum absolute atomic E-state index is 0.0442. The molecule has 0 radical (unpaired) electrons. The molecule has 6 nitrogen and oxygen atoms in total. The number of fused-ring (bicyclic) bond motifs is 1. The van der Waals surface area contributed by atoms with Crippen LogP contribution in [0.2, 0.25) is 0 Å². The van der Waals surface area contributed by atoms with Crippen LogP contribution in [-0.4, -0.2) is 40.1 Å². The summed E-state index contributed by atoms with van der Waals surface area (Å²) in [5.41, 5.74) is 3.54. The summed E-state index contributed by atoms with van der Waals surface area (Å²) >= 11 is 0. The number of quaternary nitrogens is 1.